The lowest BCUT2D eigenvalue weighted by atomic mass is 10.2. The van der Waals surface area contributed by atoms with Crippen LogP contribution < -0.4 is 0 Å². The Morgan fingerprint density at radius 3 is 3.15 bits per heavy atom. The third-order valence-electron chi connectivity index (χ3n) is 3.42. The Kier molecular flexibility index (Phi) is 3.44. The van der Waals surface area contributed by atoms with Gasteiger partial charge in [0.2, 0.25) is 0 Å². The Morgan fingerprint density at radius 2 is 2.45 bits per heavy atom. The summed E-state index contributed by atoms with van der Waals surface area (Å²) in [4.78, 5) is 15.8. The van der Waals surface area contributed by atoms with Crippen LogP contribution in [0.25, 0.3) is 0 Å². The first kappa shape index (κ1) is 13.1. The molecule has 2 heterocycles. The summed E-state index contributed by atoms with van der Waals surface area (Å²) in [6.07, 6.45) is 6.18. The summed E-state index contributed by atoms with van der Waals surface area (Å²) in [6, 6.07) is 3.48. The standard InChI is InChI=1S/C14H14ClN3O2/c1-18-7-10(6-17-18)11-5-12(11)14(19)20-8-9-2-3-16-13(15)4-9/h2-4,6-7,11-12H,5,8H2,1H3/t11-,12+/m0/s1. The van der Waals surface area contributed by atoms with Crippen LogP contribution in [0.2, 0.25) is 5.15 Å². The maximum atomic E-state index is 12.0. The highest BCUT2D eigenvalue weighted by Crippen LogP contribution is 2.48. The average molecular weight is 292 g/mol. The van der Waals surface area contributed by atoms with Gasteiger partial charge in [-0.1, -0.05) is 11.6 Å². The molecule has 0 radical (unpaired) electrons. The predicted molar refractivity (Wildman–Crippen MR) is 73.1 cm³/mol. The van der Waals surface area contributed by atoms with Crippen LogP contribution in [0.4, 0.5) is 0 Å². The zero-order valence-corrected chi connectivity index (χ0v) is 11.7. The minimum atomic E-state index is -0.160. The molecule has 0 unspecified atom stereocenters. The number of ether oxygens (including phenoxy) is 1. The molecule has 1 aliphatic carbocycles. The molecule has 0 N–H and O–H groups in total. The third-order valence-corrected chi connectivity index (χ3v) is 3.62. The molecular formula is C14H14ClN3O2. The van der Waals surface area contributed by atoms with Crippen molar-refractivity contribution < 1.29 is 9.53 Å². The number of pyridine rings is 1. The third kappa shape index (κ3) is 2.82. The first-order valence-electron chi connectivity index (χ1n) is 6.39. The van der Waals surface area contributed by atoms with E-state index in [0.717, 1.165) is 17.5 Å². The van der Waals surface area contributed by atoms with E-state index in [-0.39, 0.29) is 24.4 Å². The fourth-order valence-electron chi connectivity index (χ4n) is 2.25. The summed E-state index contributed by atoms with van der Waals surface area (Å²) in [6.45, 7) is 0.233. The number of hydrogen-bond donors (Lipinski definition) is 0. The summed E-state index contributed by atoms with van der Waals surface area (Å²) in [5.41, 5.74) is 1.94. The number of esters is 1. The highest BCUT2D eigenvalue weighted by Gasteiger charge is 2.45. The van der Waals surface area contributed by atoms with Gasteiger partial charge in [-0.3, -0.25) is 9.48 Å². The molecule has 104 valence electrons. The van der Waals surface area contributed by atoms with E-state index in [9.17, 15) is 4.79 Å². The molecule has 6 heteroatoms. The van der Waals surface area contributed by atoms with E-state index in [1.54, 1.807) is 29.2 Å². The van der Waals surface area contributed by atoms with Gasteiger partial charge in [0.25, 0.3) is 0 Å². The van der Waals surface area contributed by atoms with Crippen LogP contribution in [0.15, 0.2) is 30.7 Å². The second-order valence-corrected chi connectivity index (χ2v) is 5.38. The van der Waals surface area contributed by atoms with Crippen LogP contribution in [0.5, 0.6) is 0 Å². The lowest BCUT2D eigenvalue weighted by Crippen LogP contribution is -2.08. The van der Waals surface area contributed by atoms with Gasteiger partial charge in [0, 0.05) is 25.4 Å². The molecule has 0 aliphatic heterocycles. The fraction of sp³-hybridized carbons (Fsp3) is 0.357. The van der Waals surface area contributed by atoms with Gasteiger partial charge in [-0.15, -0.1) is 0 Å². The van der Waals surface area contributed by atoms with Gasteiger partial charge < -0.3 is 4.74 Å². The number of hydrogen-bond acceptors (Lipinski definition) is 4. The first-order chi connectivity index (χ1) is 9.63. The first-order valence-corrected chi connectivity index (χ1v) is 6.77. The van der Waals surface area contributed by atoms with E-state index >= 15 is 0 Å². The zero-order valence-electron chi connectivity index (χ0n) is 11.0. The molecular weight excluding hydrogens is 278 g/mol. The van der Waals surface area contributed by atoms with Gasteiger partial charge >= 0.3 is 5.97 Å². The number of aryl methyl sites for hydroxylation is 1. The van der Waals surface area contributed by atoms with Crippen molar-refractivity contribution in [1.29, 1.82) is 0 Å². The van der Waals surface area contributed by atoms with E-state index < -0.39 is 0 Å². The van der Waals surface area contributed by atoms with E-state index in [4.69, 9.17) is 16.3 Å². The SMILES string of the molecule is Cn1cc([C@@H]2C[C@H]2C(=O)OCc2ccnc(Cl)c2)cn1. The predicted octanol–water partition coefficient (Wildman–Crippen LogP) is 2.32. The number of rotatable bonds is 4. The van der Waals surface area contributed by atoms with Gasteiger partial charge in [0.15, 0.2) is 0 Å². The van der Waals surface area contributed by atoms with Gasteiger partial charge in [0.05, 0.1) is 12.1 Å². The summed E-state index contributed by atoms with van der Waals surface area (Å²) < 4.78 is 7.06. The highest BCUT2D eigenvalue weighted by atomic mass is 35.5. The molecule has 20 heavy (non-hydrogen) atoms. The minimum absolute atomic E-state index is 0.0449. The quantitative estimate of drug-likeness (QED) is 0.641. The summed E-state index contributed by atoms with van der Waals surface area (Å²) in [5.74, 6) is 0.0422. The van der Waals surface area contributed by atoms with E-state index in [2.05, 4.69) is 10.1 Å². The molecule has 3 rings (SSSR count). The monoisotopic (exact) mass is 291 g/mol. The largest absolute Gasteiger partial charge is 0.461 e. The zero-order chi connectivity index (χ0) is 14.1. The van der Waals surface area contributed by atoms with Gasteiger partial charge in [-0.05, 0) is 29.7 Å². The van der Waals surface area contributed by atoms with Crippen molar-refractivity contribution in [3.8, 4) is 0 Å². The lowest BCUT2D eigenvalue weighted by molar-refractivity contribution is -0.146. The van der Waals surface area contributed by atoms with Crippen molar-refractivity contribution >= 4 is 17.6 Å². The Bertz CT molecular complexity index is 641. The molecule has 0 amide bonds. The van der Waals surface area contributed by atoms with E-state index in [1.165, 1.54) is 0 Å². The van der Waals surface area contributed by atoms with Crippen LogP contribution in [0, 0.1) is 5.92 Å². The van der Waals surface area contributed by atoms with Crippen LogP contribution in [0.1, 0.15) is 23.5 Å². The number of nitrogens with zero attached hydrogens (tertiary/aromatic N) is 3. The van der Waals surface area contributed by atoms with Gasteiger partial charge in [-0.2, -0.15) is 5.10 Å². The van der Waals surface area contributed by atoms with Crippen molar-refractivity contribution in [3.05, 3.63) is 47.0 Å². The maximum Gasteiger partial charge on any atom is 0.309 e. The number of aromatic nitrogens is 3. The molecule has 0 spiro atoms. The molecule has 2 aromatic rings. The molecule has 0 bridgehead atoms. The Morgan fingerprint density at radius 1 is 1.60 bits per heavy atom. The number of carbonyl (C=O) groups is 1. The molecule has 1 fully saturated rings. The Balaban J connectivity index is 1.54. The van der Waals surface area contributed by atoms with Crippen LogP contribution in [0.3, 0.4) is 0 Å². The van der Waals surface area contributed by atoms with E-state index in [1.807, 2.05) is 13.2 Å². The summed E-state index contributed by atoms with van der Waals surface area (Å²) in [7, 11) is 1.87. The van der Waals surface area contributed by atoms with Crippen LogP contribution >= 0.6 is 11.6 Å². The Hall–Kier alpha value is -1.88. The number of halogens is 1. The second-order valence-electron chi connectivity index (χ2n) is 4.99. The molecule has 1 saturated carbocycles. The molecule has 2 atom stereocenters. The number of carbonyl (C=O) groups excluding carboxylic acids is 1. The average Bonchev–Trinajstić information content (AvgIpc) is 3.12. The normalized spacial score (nSPS) is 20.7. The Labute approximate surface area is 121 Å². The topological polar surface area (TPSA) is 57.0 Å². The van der Waals surface area contributed by atoms with Crippen molar-refractivity contribution in [1.82, 2.24) is 14.8 Å². The molecule has 0 aromatic carbocycles. The smallest absolute Gasteiger partial charge is 0.309 e. The minimum Gasteiger partial charge on any atom is -0.461 e. The van der Waals surface area contributed by atoms with Gasteiger partial charge in [0.1, 0.15) is 11.8 Å². The van der Waals surface area contributed by atoms with Gasteiger partial charge in [-0.25, -0.2) is 4.98 Å². The van der Waals surface area contributed by atoms with Crippen LogP contribution in [-0.2, 0) is 23.2 Å². The lowest BCUT2D eigenvalue weighted by Gasteiger charge is -2.04. The highest BCUT2D eigenvalue weighted by molar-refractivity contribution is 6.29. The summed E-state index contributed by atoms with van der Waals surface area (Å²) >= 11 is 5.78. The van der Waals surface area contributed by atoms with Crippen molar-refractivity contribution in [3.63, 3.8) is 0 Å². The van der Waals surface area contributed by atoms with E-state index in [0.29, 0.717) is 5.15 Å². The molecule has 2 aromatic heterocycles. The maximum absolute atomic E-state index is 12.0. The fourth-order valence-corrected chi connectivity index (χ4v) is 2.45. The van der Waals surface area contributed by atoms with Crippen molar-refractivity contribution in [2.45, 2.75) is 18.9 Å². The summed E-state index contributed by atoms with van der Waals surface area (Å²) in [5, 5.41) is 4.52. The van der Waals surface area contributed by atoms with Crippen LogP contribution in [-0.4, -0.2) is 20.7 Å². The van der Waals surface area contributed by atoms with Crippen molar-refractivity contribution in [2.24, 2.45) is 13.0 Å². The van der Waals surface area contributed by atoms with Crippen molar-refractivity contribution in [2.75, 3.05) is 0 Å². The molecule has 5 nitrogen and oxygen atoms in total. The molecule has 1 aliphatic rings. The second kappa shape index (κ2) is 5.25. The molecule has 0 saturated heterocycles.